The van der Waals surface area contributed by atoms with Crippen molar-refractivity contribution in [3.63, 3.8) is 0 Å². The summed E-state index contributed by atoms with van der Waals surface area (Å²) in [5, 5.41) is 8.52. The van der Waals surface area contributed by atoms with Gasteiger partial charge in [-0.25, -0.2) is 0 Å². The molecule has 64 valence electrons. The number of aliphatic hydroxyl groups is 1. The fourth-order valence-electron chi connectivity index (χ4n) is 0.879. The molecule has 0 heterocycles. The lowest BCUT2D eigenvalue weighted by atomic mass is 10.2. The van der Waals surface area contributed by atoms with E-state index in [2.05, 4.69) is 12.6 Å². The van der Waals surface area contributed by atoms with Crippen molar-refractivity contribution in [3.8, 4) is 0 Å². The number of aliphatic hydroxyl groups excluding tert-OH is 1. The molecule has 0 unspecified atom stereocenters. The molecule has 1 aromatic rings. The summed E-state index contributed by atoms with van der Waals surface area (Å²) in [6.45, 7) is 0.209. The zero-order valence-corrected chi connectivity index (χ0v) is 7.67. The molecule has 0 saturated carbocycles. The van der Waals surface area contributed by atoms with Gasteiger partial charge in [0.25, 0.3) is 0 Å². The quantitative estimate of drug-likeness (QED) is 0.684. The van der Waals surface area contributed by atoms with Crippen LogP contribution in [0.25, 0.3) is 6.08 Å². The Morgan fingerprint density at radius 1 is 1.25 bits per heavy atom. The molecule has 0 radical (unpaired) electrons. The Balaban J connectivity index is 2.58. The lowest BCUT2D eigenvalue weighted by molar-refractivity contribution is 0.303. The van der Waals surface area contributed by atoms with Crippen LogP contribution in [0.1, 0.15) is 12.0 Å². The van der Waals surface area contributed by atoms with Crippen molar-refractivity contribution in [3.05, 3.63) is 35.9 Å². The van der Waals surface area contributed by atoms with Crippen LogP contribution in [0.5, 0.6) is 0 Å². The van der Waals surface area contributed by atoms with Gasteiger partial charge in [0.2, 0.25) is 0 Å². The van der Waals surface area contributed by atoms with Crippen LogP contribution in [0.15, 0.2) is 35.2 Å². The number of hydrogen-bond donors (Lipinski definition) is 2. The molecule has 12 heavy (non-hydrogen) atoms. The highest BCUT2D eigenvalue weighted by Crippen LogP contribution is 2.08. The van der Waals surface area contributed by atoms with Crippen LogP contribution in [-0.2, 0) is 0 Å². The topological polar surface area (TPSA) is 20.2 Å². The molecule has 0 aliphatic carbocycles. The monoisotopic (exact) mass is 180 g/mol. The standard InChI is InChI=1S/C10H12OS/c11-8-2-1-3-9-4-6-10(12)7-5-9/h1,3-7,11-12H,2,8H2. The molecule has 1 nitrogen and oxygen atoms in total. The van der Waals surface area contributed by atoms with Gasteiger partial charge in [0.1, 0.15) is 0 Å². The second-order valence-electron chi connectivity index (χ2n) is 2.51. The minimum absolute atomic E-state index is 0.209. The Labute approximate surface area is 78.2 Å². The van der Waals surface area contributed by atoms with E-state index in [0.717, 1.165) is 10.5 Å². The average Bonchev–Trinajstić information content (AvgIpc) is 2.09. The first kappa shape index (κ1) is 9.36. The molecule has 1 N–H and O–H groups in total. The van der Waals surface area contributed by atoms with E-state index in [1.54, 1.807) is 0 Å². The first-order chi connectivity index (χ1) is 5.83. The van der Waals surface area contributed by atoms with E-state index >= 15 is 0 Å². The van der Waals surface area contributed by atoms with Gasteiger partial charge in [0.05, 0.1) is 0 Å². The Kier molecular flexibility index (Phi) is 3.91. The molecular weight excluding hydrogens is 168 g/mol. The van der Waals surface area contributed by atoms with E-state index in [9.17, 15) is 0 Å². The van der Waals surface area contributed by atoms with E-state index in [-0.39, 0.29) is 6.61 Å². The van der Waals surface area contributed by atoms with Crippen LogP contribution < -0.4 is 0 Å². The molecule has 0 aromatic heterocycles. The van der Waals surface area contributed by atoms with Gasteiger partial charge in [-0.05, 0) is 24.1 Å². The predicted molar refractivity (Wildman–Crippen MR) is 54.4 cm³/mol. The zero-order valence-electron chi connectivity index (χ0n) is 6.77. The molecule has 0 bridgehead atoms. The summed E-state index contributed by atoms with van der Waals surface area (Å²) in [5.74, 6) is 0. The molecule has 2 heteroatoms. The summed E-state index contributed by atoms with van der Waals surface area (Å²) >= 11 is 4.18. The normalized spacial score (nSPS) is 10.8. The third-order valence-corrected chi connectivity index (χ3v) is 1.80. The van der Waals surface area contributed by atoms with Crippen molar-refractivity contribution in [1.29, 1.82) is 0 Å². The second-order valence-corrected chi connectivity index (χ2v) is 3.02. The van der Waals surface area contributed by atoms with Crippen molar-refractivity contribution < 1.29 is 5.11 Å². The molecular formula is C10H12OS. The van der Waals surface area contributed by atoms with E-state index in [1.165, 1.54) is 0 Å². The van der Waals surface area contributed by atoms with Crippen LogP contribution in [0.3, 0.4) is 0 Å². The largest absolute Gasteiger partial charge is 0.396 e. The van der Waals surface area contributed by atoms with Crippen molar-refractivity contribution in [2.24, 2.45) is 0 Å². The maximum atomic E-state index is 8.52. The fraction of sp³-hybridized carbons (Fsp3) is 0.200. The maximum Gasteiger partial charge on any atom is 0.0465 e. The van der Waals surface area contributed by atoms with Crippen LogP contribution in [0.4, 0.5) is 0 Å². The van der Waals surface area contributed by atoms with Gasteiger partial charge in [0, 0.05) is 11.5 Å². The molecule has 0 amide bonds. The first-order valence-electron chi connectivity index (χ1n) is 3.89. The number of hydrogen-bond acceptors (Lipinski definition) is 2. The minimum Gasteiger partial charge on any atom is -0.396 e. The third-order valence-electron chi connectivity index (χ3n) is 1.50. The Morgan fingerprint density at radius 2 is 1.92 bits per heavy atom. The van der Waals surface area contributed by atoms with Gasteiger partial charge in [-0.2, -0.15) is 0 Å². The minimum atomic E-state index is 0.209. The van der Waals surface area contributed by atoms with Gasteiger partial charge >= 0.3 is 0 Å². The van der Waals surface area contributed by atoms with Gasteiger partial charge in [0.15, 0.2) is 0 Å². The van der Waals surface area contributed by atoms with E-state index < -0.39 is 0 Å². The molecule has 0 fully saturated rings. The van der Waals surface area contributed by atoms with Crippen molar-refractivity contribution in [1.82, 2.24) is 0 Å². The number of rotatable bonds is 3. The second kappa shape index (κ2) is 5.01. The zero-order chi connectivity index (χ0) is 8.81. The predicted octanol–water partition coefficient (Wildman–Crippen LogP) is 2.37. The molecule has 0 spiro atoms. The molecule has 1 aromatic carbocycles. The Bertz CT molecular complexity index is 251. The highest BCUT2D eigenvalue weighted by Gasteiger charge is 1.85. The molecule has 0 aliphatic heterocycles. The van der Waals surface area contributed by atoms with Gasteiger partial charge in [-0.15, -0.1) is 12.6 Å². The Hall–Kier alpha value is -0.730. The van der Waals surface area contributed by atoms with E-state index in [4.69, 9.17) is 5.11 Å². The van der Waals surface area contributed by atoms with Gasteiger partial charge < -0.3 is 5.11 Å². The molecule has 0 atom stereocenters. The number of thiol groups is 1. The number of benzene rings is 1. The van der Waals surface area contributed by atoms with E-state index in [0.29, 0.717) is 6.42 Å². The van der Waals surface area contributed by atoms with Crippen molar-refractivity contribution in [2.75, 3.05) is 6.61 Å². The molecule has 0 aliphatic rings. The van der Waals surface area contributed by atoms with Crippen molar-refractivity contribution in [2.45, 2.75) is 11.3 Å². The van der Waals surface area contributed by atoms with E-state index in [1.807, 2.05) is 36.4 Å². The average molecular weight is 180 g/mol. The summed E-state index contributed by atoms with van der Waals surface area (Å²) in [4.78, 5) is 0.967. The molecule has 1 rings (SSSR count). The SMILES string of the molecule is OCCC=Cc1ccc(S)cc1. The maximum absolute atomic E-state index is 8.52. The summed E-state index contributed by atoms with van der Waals surface area (Å²) in [6, 6.07) is 7.88. The lowest BCUT2D eigenvalue weighted by Gasteiger charge is -1.93. The fourth-order valence-corrected chi connectivity index (χ4v) is 1.03. The first-order valence-corrected chi connectivity index (χ1v) is 4.34. The highest BCUT2D eigenvalue weighted by molar-refractivity contribution is 7.80. The Morgan fingerprint density at radius 3 is 2.50 bits per heavy atom. The van der Waals surface area contributed by atoms with Crippen LogP contribution in [0, 0.1) is 0 Å². The van der Waals surface area contributed by atoms with Gasteiger partial charge in [-0.3, -0.25) is 0 Å². The van der Waals surface area contributed by atoms with Crippen molar-refractivity contribution >= 4 is 18.7 Å². The smallest absolute Gasteiger partial charge is 0.0465 e. The summed E-state index contributed by atoms with van der Waals surface area (Å²) in [6.07, 6.45) is 4.65. The third kappa shape index (κ3) is 3.11. The highest BCUT2D eigenvalue weighted by atomic mass is 32.1. The van der Waals surface area contributed by atoms with Crippen LogP contribution in [0.2, 0.25) is 0 Å². The summed E-state index contributed by atoms with van der Waals surface area (Å²) < 4.78 is 0. The van der Waals surface area contributed by atoms with Crippen LogP contribution in [-0.4, -0.2) is 11.7 Å². The lowest BCUT2D eigenvalue weighted by Crippen LogP contribution is -1.76. The van der Waals surface area contributed by atoms with Gasteiger partial charge in [-0.1, -0.05) is 24.3 Å². The van der Waals surface area contributed by atoms with Crippen LogP contribution >= 0.6 is 12.6 Å². The molecule has 0 saturated heterocycles. The summed E-state index contributed by atoms with van der Waals surface area (Å²) in [7, 11) is 0. The summed E-state index contributed by atoms with van der Waals surface area (Å²) in [5.41, 5.74) is 1.14.